The van der Waals surface area contributed by atoms with E-state index in [1.54, 1.807) is 18.2 Å². The first-order valence-corrected chi connectivity index (χ1v) is 6.71. The number of pyridine rings is 1. The smallest absolute Gasteiger partial charge is 0.356 e. The van der Waals surface area contributed by atoms with Crippen molar-refractivity contribution in [3.63, 3.8) is 0 Å². The Morgan fingerprint density at radius 3 is 2.67 bits per heavy atom. The maximum Gasteiger partial charge on any atom is 0.356 e. The van der Waals surface area contributed by atoms with Crippen molar-refractivity contribution in [3.8, 4) is 0 Å². The van der Waals surface area contributed by atoms with E-state index in [2.05, 4.69) is 40.9 Å². The van der Waals surface area contributed by atoms with Crippen LogP contribution in [0, 0.1) is 6.92 Å². The topological polar surface area (TPSA) is 69.0 Å². The Morgan fingerprint density at radius 1 is 1.33 bits per heavy atom. The molecule has 0 bridgehead atoms. The number of nitrogens with zero attached hydrogens (tertiary/aromatic N) is 3. The van der Waals surface area contributed by atoms with Gasteiger partial charge >= 0.3 is 5.97 Å². The van der Waals surface area contributed by atoms with Gasteiger partial charge in [-0.1, -0.05) is 6.07 Å². The van der Waals surface area contributed by atoms with Crippen LogP contribution in [0.2, 0.25) is 0 Å². The van der Waals surface area contributed by atoms with Crippen molar-refractivity contribution in [2.45, 2.75) is 33.2 Å². The quantitative estimate of drug-likeness (QED) is 0.879. The zero-order valence-corrected chi connectivity index (χ0v) is 13.0. The minimum absolute atomic E-state index is 0.156. The van der Waals surface area contributed by atoms with E-state index in [4.69, 9.17) is 0 Å². The summed E-state index contributed by atoms with van der Waals surface area (Å²) in [6, 6.07) is 7.11. The summed E-state index contributed by atoms with van der Waals surface area (Å²) >= 11 is 0. The molecule has 6 nitrogen and oxygen atoms in total. The molecule has 112 valence electrons. The van der Waals surface area contributed by atoms with E-state index in [0.717, 1.165) is 11.5 Å². The third-order valence-corrected chi connectivity index (χ3v) is 2.87. The first-order chi connectivity index (χ1) is 9.81. The van der Waals surface area contributed by atoms with Gasteiger partial charge in [-0.3, -0.25) is 0 Å². The number of nitrogens with one attached hydrogen (secondary N) is 1. The number of methoxy groups -OCH3 is 1. The fourth-order valence-electron chi connectivity index (χ4n) is 1.95. The standard InChI is InChI=1S/C15H20N4O2/c1-10-9-13(19(18-10)15(2,3)4)17-12-8-6-7-11(16-12)14(20)21-5/h6-9H,1-5H3,(H,16,17). The van der Waals surface area contributed by atoms with Crippen molar-refractivity contribution in [2.75, 3.05) is 12.4 Å². The Hall–Kier alpha value is -2.37. The zero-order valence-electron chi connectivity index (χ0n) is 13.0. The molecule has 0 aliphatic carbocycles. The van der Waals surface area contributed by atoms with Crippen LogP contribution in [0.1, 0.15) is 37.0 Å². The summed E-state index contributed by atoms with van der Waals surface area (Å²) in [4.78, 5) is 15.8. The van der Waals surface area contributed by atoms with Crippen LogP contribution < -0.4 is 5.32 Å². The van der Waals surface area contributed by atoms with E-state index in [1.165, 1.54) is 7.11 Å². The molecule has 6 heteroatoms. The van der Waals surface area contributed by atoms with E-state index in [1.807, 2.05) is 17.7 Å². The van der Waals surface area contributed by atoms with Crippen LogP contribution in [0.15, 0.2) is 24.3 Å². The van der Waals surface area contributed by atoms with Gasteiger partial charge in [0.15, 0.2) is 5.69 Å². The minimum atomic E-state index is -0.459. The highest BCUT2D eigenvalue weighted by molar-refractivity contribution is 5.87. The van der Waals surface area contributed by atoms with Gasteiger partial charge in [-0.05, 0) is 39.8 Å². The first kappa shape index (κ1) is 15.0. The molecule has 2 aromatic heterocycles. The Labute approximate surface area is 124 Å². The lowest BCUT2D eigenvalue weighted by Crippen LogP contribution is -2.24. The van der Waals surface area contributed by atoms with Crippen LogP contribution in [-0.2, 0) is 10.3 Å². The Morgan fingerprint density at radius 2 is 2.05 bits per heavy atom. The van der Waals surface area contributed by atoms with Gasteiger partial charge in [-0.2, -0.15) is 5.10 Å². The fraction of sp³-hybridized carbons (Fsp3) is 0.400. The Balaban J connectivity index is 2.33. The lowest BCUT2D eigenvalue weighted by atomic mass is 10.1. The van der Waals surface area contributed by atoms with Gasteiger partial charge in [0.05, 0.1) is 18.3 Å². The van der Waals surface area contributed by atoms with Crippen molar-refractivity contribution < 1.29 is 9.53 Å². The Bertz CT molecular complexity index is 656. The molecule has 2 rings (SSSR count). The third kappa shape index (κ3) is 3.39. The molecule has 0 spiro atoms. The number of carbonyl (C=O) groups excluding carboxylic acids is 1. The maximum absolute atomic E-state index is 11.5. The SMILES string of the molecule is COC(=O)c1cccc(Nc2cc(C)nn2C(C)(C)C)n1. The molecule has 2 heterocycles. The molecule has 1 N–H and O–H groups in total. The van der Waals surface area contributed by atoms with Gasteiger partial charge in [-0.25, -0.2) is 14.5 Å². The summed E-state index contributed by atoms with van der Waals surface area (Å²) in [5, 5.41) is 7.69. The summed E-state index contributed by atoms with van der Waals surface area (Å²) in [5.41, 5.74) is 1.02. The van der Waals surface area contributed by atoms with Crippen molar-refractivity contribution in [1.29, 1.82) is 0 Å². The highest BCUT2D eigenvalue weighted by atomic mass is 16.5. The maximum atomic E-state index is 11.5. The van der Waals surface area contributed by atoms with Gasteiger partial charge in [-0.15, -0.1) is 0 Å². The van der Waals surface area contributed by atoms with Crippen molar-refractivity contribution in [2.24, 2.45) is 0 Å². The number of hydrogen-bond acceptors (Lipinski definition) is 5. The molecular weight excluding hydrogens is 268 g/mol. The fourth-order valence-corrected chi connectivity index (χ4v) is 1.95. The van der Waals surface area contributed by atoms with Gasteiger partial charge in [0.25, 0.3) is 0 Å². The second kappa shape index (κ2) is 5.55. The predicted octanol–water partition coefficient (Wildman–Crippen LogP) is 2.87. The molecule has 0 aliphatic rings. The van der Waals surface area contributed by atoms with Crippen LogP contribution in [0.4, 0.5) is 11.6 Å². The number of anilines is 2. The molecule has 0 aromatic carbocycles. The molecule has 2 aromatic rings. The summed E-state index contributed by atoms with van der Waals surface area (Å²) in [6.07, 6.45) is 0. The Kier molecular flexibility index (Phi) is 3.97. The highest BCUT2D eigenvalue weighted by Gasteiger charge is 2.19. The van der Waals surface area contributed by atoms with Gasteiger partial charge in [0.1, 0.15) is 11.6 Å². The molecule has 0 amide bonds. The average molecular weight is 288 g/mol. The highest BCUT2D eigenvalue weighted by Crippen LogP contribution is 2.23. The summed E-state index contributed by atoms with van der Waals surface area (Å²) in [7, 11) is 1.34. The van der Waals surface area contributed by atoms with Crippen LogP contribution in [-0.4, -0.2) is 27.8 Å². The molecule has 0 saturated heterocycles. The summed E-state index contributed by atoms with van der Waals surface area (Å²) in [6.45, 7) is 8.15. The number of aryl methyl sites for hydroxylation is 1. The van der Waals surface area contributed by atoms with Crippen molar-refractivity contribution in [3.05, 3.63) is 35.7 Å². The molecule has 0 saturated carbocycles. The van der Waals surface area contributed by atoms with E-state index >= 15 is 0 Å². The molecule has 21 heavy (non-hydrogen) atoms. The summed E-state index contributed by atoms with van der Waals surface area (Å²) < 4.78 is 6.57. The normalized spacial score (nSPS) is 11.3. The number of hydrogen-bond donors (Lipinski definition) is 1. The number of aromatic nitrogens is 3. The lowest BCUT2D eigenvalue weighted by molar-refractivity contribution is 0.0594. The lowest BCUT2D eigenvalue weighted by Gasteiger charge is -2.22. The molecule has 0 atom stereocenters. The van der Waals surface area contributed by atoms with Crippen molar-refractivity contribution >= 4 is 17.6 Å². The largest absolute Gasteiger partial charge is 0.464 e. The average Bonchev–Trinajstić information content (AvgIpc) is 2.79. The molecular formula is C15H20N4O2. The van der Waals surface area contributed by atoms with Gasteiger partial charge < -0.3 is 10.1 Å². The first-order valence-electron chi connectivity index (χ1n) is 6.71. The predicted molar refractivity (Wildman–Crippen MR) is 80.8 cm³/mol. The van der Waals surface area contributed by atoms with Crippen molar-refractivity contribution in [1.82, 2.24) is 14.8 Å². The second-order valence-electron chi connectivity index (χ2n) is 5.78. The number of ether oxygens (including phenoxy) is 1. The van der Waals surface area contributed by atoms with E-state index in [-0.39, 0.29) is 11.2 Å². The van der Waals surface area contributed by atoms with E-state index in [9.17, 15) is 4.79 Å². The van der Waals surface area contributed by atoms with Crippen LogP contribution in [0.25, 0.3) is 0 Å². The molecule has 0 aliphatic heterocycles. The minimum Gasteiger partial charge on any atom is -0.464 e. The monoisotopic (exact) mass is 288 g/mol. The second-order valence-corrected chi connectivity index (χ2v) is 5.78. The number of carbonyl (C=O) groups is 1. The van der Waals surface area contributed by atoms with Crippen LogP contribution >= 0.6 is 0 Å². The molecule has 0 fully saturated rings. The summed E-state index contributed by atoms with van der Waals surface area (Å²) in [5.74, 6) is 0.942. The van der Waals surface area contributed by atoms with Crippen LogP contribution in [0.5, 0.6) is 0 Å². The van der Waals surface area contributed by atoms with E-state index in [0.29, 0.717) is 5.82 Å². The zero-order chi connectivity index (χ0) is 15.6. The van der Waals surface area contributed by atoms with Gasteiger partial charge in [0, 0.05) is 6.07 Å². The third-order valence-electron chi connectivity index (χ3n) is 2.87. The number of rotatable bonds is 3. The van der Waals surface area contributed by atoms with Crippen LogP contribution in [0.3, 0.4) is 0 Å². The van der Waals surface area contributed by atoms with Gasteiger partial charge in [0.2, 0.25) is 0 Å². The number of esters is 1. The molecule has 0 radical (unpaired) electrons. The molecule has 0 unspecified atom stereocenters. The van der Waals surface area contributed by atoms with E-state index < -0.39 is 5.97 Å².